The number of aromatic nitrogens is 1. The molecule has 0 amide bonds. The molecule has 0 saturated carbocycles. The van der Waals surface area contributed by atoms with E-state index in [1.165, 1.54) is 6.07 Å². The molecule has 0 spiro atoms. The second-order valence-electron chi connectivity index (χ2n) is 3.71. The maximum absolute atomic E-state index is 10.8. The van der Waals surface area contributed by atoms with Gasteiger partial charge in [0.05, 0.1) is 12.2 Å². The zero-order valence-electron chi connectivity index (χ0n) is 9.96. The molecule has 1 aromatic heterocycles. The quantitative estimate of drug-likeness (QED) is 0.839. The Balaban J connectivity index is 2.33. The van der Waals surface area contributed by atoms with Crippen LogP contribution in [0, 0.1) is 0 Å². The molecule has 0 unspecified atom stereocenters. The average Bonchev–Trinajstić information content (AvgIpc) is 2.41. The highest BCUT2D eigenvalue weighted by molar-refractivity contribution is 5.82. The number of ether oxygens (including phenoxy) is 1. The molecule has 0 aliphatic heterocycles. The van der Waals surface area contributed by atoms with E-state index in [1.807, 2.05) is 13.0 Å². The van der Waals surface area contributed by atoms with E-state index in [0.717, 1.165) is 11.1 Å². The number of aromatic hydroxyl groups is 1. The largest absolute Gasteiger partial charge is 0.507 e. The average molecular weight is 243 g/mol. The van der Waals surface area contributed by atoms with Crippen molar-refractivity contribution in [2.75, 3.05) is 6.61 Å². The zero-order chi connectivity index (χ0) is 13.0. The van der Waals surface area contributed by atoms with Gasteiger partial charge in [0.1, 0.15) is 5.75 Å². The monoisotopic (exact) mass is 243 g/mol. The maximum atomic E-state index is 10.8. The van der Waals surface area contributed by atoms with Crippen LogP contribution >= 0.6 is 0 Å². The topological polar surface area (TPSA) is 59.4 Å². The van der Waals surface area contributed by atoms with Crippen LogP contribution in [0.5, 0.6) is 11.6 Å². The van der Waals surface area contributed by atoms with Crippen molar-refractivity contribution >= 4 is 6.29 Å². The lowest BCUT2D eigenvalue weighted by Gasteiger charge is -2.05. The lowest BCUT2D eigenvalue weighted by Crippen LogP contribution is -1.93. The molecule has 1 aromatic carbocycles. The van der Waals surface area contributed by atoms with E-state index in [2.05, 4.69) is 4.98 Å². The third-order valence-electron chi connectivity index (χ3n) is 2.52. The van der Waals surface area contributed by atoms with Gasteiger partial charge in [0.25, 0.3) is 0 Å². The summed E-state index contributed by atoms with van der Waals surface area (Å²) in [5.41, 5.74) is 1.95. The van der Waals surface area contributed by atoms with Gasteiger partial charge in [0.15, 0.2) is 6.29 Å². The van der Waals surface area contributed by atoms with Gasteiger partial charge in [-0.25, -0.2) is 4.98 Å². The van der Waals surface area contributed by atoms with Crippen LogP contribution < -0.4 is 4.74 Å². The minimum atomic E-state index is -0.0207. The number of pyridine rings is 1. The summed E-state index contributed by atoms with van der Waals surface area (Å²) in [5, 5.41) is 9.43. The summed E-state index contributed by atoms with van der Waals surface area (Å²) in [5.74, 6) is 0.545. The lowest BCUT2D eigenvalue weighted by atomic mass is 10.0. The van der Waals surface area contributed by atoms with Crippen molar-refractivity contribution in [3.8, 4) is 22.8 Å². The van der Waals surface area contributed by atoms with E-state index in [0.29, 0.717) is 18.8 Å². The number of phenolic OH excluding ortho intramolecular Hbond substituents is 1. The van der Waals surface area contributed by atoms with Crippen molar-refractivity contribution in [3.63, 3.8) is 0 Å². The molecular weight excluding hydrogens is 230 g/mol. The van der Waals surface area contributed by atoms with Gasteiger partial charge in [-0.1, -0.05) is 6.07 Å². The maximum Gasteiger partial charge on any atom is 0.213 e. The smallest absolute Gasteiger partial charge is 0.213 e. The molecule has 0 radical (unpaired) electrons. The SMILES string of the molecule is CCOc1ccc(-c2ccc(O)c(C=O)c2)cn1. The number of nitrogens with zero attached hydrogens (tertiary/aromatic N) is 1. The fourth-order valence-electron chi connectivity index (χ4n) is 1.61. The van der Waals surface area contributed by atoms with Gasteiger partial charge in [0, 0.05) is 17.8 Å². The first-order valence-electron chi connectivity index (χ1n) is 5.62. The number of hydrogen-bond acceptors (Lipinski definition) is 4. The highest BCUT2D eigenvalue weighted by Gasteiger charge is 2.04. The predicted octanol–water partition coefficient (Wildman–Crippen LogP) is 2.67. The standard InChI is InChI=1S/C14H13NO3/c1-2-18-14-6-4-11(8-15-14)10-3-5-13(17)12(7-10)9-16/h3-9,17H,2H2,1H3. The molecule has 92 valence electrons. The number of hydrogen-bond donors (Lipinski definition) is 1. The van der Waals surface area contributed by atoms with Crippen molar-refractivity contribution in [2.45, 2.75) is 6.92 Å². The van der Waals surface area contributed by atoms with Crippen LogP contribution in [0.25, 0.3) is 11.1 Å². The first-order valence-corrected chi connectivity index (χ1v) is 5.62. The van der Waals surface area contributed by atoms with Crippen LogP contribution in [0.1, 0.15) is 17.3 Å². The second kappa shape index (κ2) is 5.31. The van der Waals surface area contributed by atoms with Gasteiger partial charge in [-0.3, -0.25) is 4.79 Å². The van der Waals surface area contributed by atoms with Crippen LogP contribution in [0.2, 0.25) is 0 Å². The van der Waals surface area contributed by atoms with Gasteiger partial charge >= 0.3 is 0 Å². The summed E-state index contributed by atoms with van der Waals surface area (Å²) in [6.45, 7) is 2.47. The molecule has 18 heavy (non-hydrogen) atoms. The van der Waals surface area contributed by atoms with Gasteiger partial charge in [-0.15, -0.1) is 0 Å². The molecule has 4 heteroatoms. The Hall–Kier alpha value is -2.36. The number of benzene rings is 1. The summed E-state index contributed by atoms with van der Waals surface area (Å²) in [4.78, 5) is 14.9. The van der Waals surface area contributed by atoms with Crippen LogP contribution in [0.3, 0.4) is 0 Å². The van der Waals surface area contributed by atoms with E-state index in [1.54, 1.807) is 24.4 Å². The minimum Gasteiger partial charge on any atom is -0.507 e. The number of carbonyl (C=O) groups is 1. The molecule has 0 atom stereocenters. The van der Waals surface area contributed by atoms with Gasteiger partial charge in [0.2, 0.25) is 5.88 Å². The Labute approximate surface area is 105 Å². The van der Waals surface area contributed by atoms with E-state index >= 15 is 0 Å². The van der Waals surface area contributed by atoms with Crippen molar-refractivity contribution in [3.05, 3.63) is 42.1 Å². The molecule has 1 heterocycles. The third kappa shape index (κ3) is 2.48. The Bertz CT molecular complexity index is 549. The van der Waals surface area contributed by atoms with Crippen molar-refractivity contribution in [1.29, 1.82) is 0 Å². The lowest BCUT2D eigenvalue weighted by molar-refractivity contribution is 0.112. The second-order valence-corrected chi connectivity index (χ2v) is 3.71. The summed E-state index contributed by atoms with van der Waals surface area (Å²) in [6.07, 6.45) is 2.30. The predicted molar refractivity (Wildman–Crippen MR) is 67.9 cm³/mol. The molecule has 0 bridgehead atoms. The number of carbonyl (C=O) groups excluding carboxylic acids is 1. The Morgan fingerprint density at radius 1 is 1.28 bits per heavy atom. The fraction of sp³-hybridized carbons (Fsp3) is 0.143. The first kappa shape index (κ1) is 12.1. The highest BCUT2D eigenvalue weighted by atomic mass is 16.5. The van der Waals surface area contributed by atoms with Crippen LogP contribution in [-0.2, 0) is 0 Å². The number of phenols is 1. The van der Waals surface area contributed by atoms with Gasteiger partial charge in [-0.05, 0) is 30.7 Å². The molecule has 0 aliphatic carbocycles. The molecule has 4 nitrogen and oxygen atoms in total. The van der Waals surface area contributed by atoms with E-state index < -0.39 is 0 Å². The molecule has 0 saturated heterocycles. The van der Waals surface area contributed by atoms with Crippen molar-refractivity contribution in [2.24, 2.45) is 0 Å². The van der Waals surface area contributed by atoms with Crippen molar-refractivity contribution < 1.29 is 14.6 Å². The number of aldehydes is 1. The van der Waals surface area contributed by atoms with Crippen LogP contribution in [-0.4, -0.2) is 23.0 Å². The van der Waals surface area contributed by atoms with Crippen LogP contribution in [0.15, 0.2) is 36.5 Å². The number of rotatable bonds is 4. The Kier molecular flexibility index (Phi) is 3.57. The Morgan fingerprint density at radius 3 is 2.67 bits per heavy atom. The van der Waals surface area contributed by atoms with Crippen LogP contribution in [0.4, 0.5) is 0 Å². The van der Waals surface area contributed by atoms with Gasteiger partial charge < -0.3 is 9.84 Å². The molecule has 0 fully saturated rings. The summed E-state index contributed by atoms with van der Waals surface area (Å²) < 4.78 is 5.25. The molecule has 2 aromatic rings. The summed E-state index contributed by atoms with van der Waals surface area (Å²) in [7, 11) is 0. The minimum absolute atomic E-state index is 0.0207. The van der Waals surface area contributed by atoms with E-state index in [4.69, 9.17) is 4.74 Å². The summed E-state index contributed by atoms with van der Waals surface area (Å²) in [6, 6.07) is 8.49. The van der Waals surface area contributed by atoms with E-state index in [9.17, 15) is 9.90 Å². The molecule has 2 rings (SSSR count). The third-order valence-corrected chi connectivity index (χ3v) is 2.52. The first-order chi connectivity index (χ1) is 8.74. The van der Waals surface area contributed by atoms with Crippen molar-refractivity contribution in [1.82, 2.24) is 4.98 Å². The normalized spacial score (nSPS) is 10.1. The van der Waals surface area contributed by atoms with Gasteiger partial charge in [-0.2, -0.15) is 0 Å². The zero-order valence-corrected chi connectivity index (χ0v) is 9.96. The van der Waals surface area contributed by atoms with E-state index in [-0.39, 0.29) is 11.3 Å². The molecular formula is C14H13NO3. The molecule has 0 aliphatic rings. The highest BCUT2D eigenvalue weighted by Crippen LogP contribution is 2.25. The molecule has 1 N–H and O–H groups in total. The fourth-order valence-corrected chi connectivity index (χ4v) is 1.61. The Morgan fingerprint density at radius 2 is 2.06 bits per heavy atom. The summed E-state index contributed by atoms with van der Waals surface area (Å²) >= 11 is 0.